The van der Waals surface area contributed by atoms with Crippen molar-refractivity contribution < 1.29 is 0 Å². The number of nitrogens with zero attached hydrogens (tertiary/aromatic N) is 2. The van der Waals surface area contributed by atoms with Gasteiger partial charge in [0, 0.05) is 21.4 Å². The van der Waals surface area contributed by atoms with Crippen LogP contribution in [0, 0.1) is 0 Å². The summed E-state index contributed by atoms with van der Waals surface area (Å²) in [6.07, 6.45) is 2.06. The molecule has 2 heterocycles. The molecule has 0 aliphatic carbocycles. The highest BCUT2D eigenvalue weighted by atomic mass is 79.9. The summed E-state index contributed by atoms with van der Waals surface area (Å²) in [5.41, 5.74) is 2.17. The second kappa shape index (κ2) is 4.46. The first-order valence-corrected chi connectivity index (χ1v) is 7.24. The minimum Gasteiger partial charge on any atom is -0.301 e. The second-order valence-electron chi connectivity index (χ2n) is 4.72. The SMILES string of the molecule is Brc1cccc2c1ccn2-c1ccc2ccccc2n1. The van der Waals surface area contributed by atoms with E-state index in [0.29, 0.717) is 0 Å². The topological polar surface area (TPSA) is 17.8 Å². The molecule has 20 heavy (non-hydrogen) atoms. The second-order valence-corrected chi connectivity index (χ2v) is 5.57. The van der Waals surface area contributed by atoms with Crippen molar-refractivity contribution in [1.82, 2.24) is 9.55 Å². The fourth-order valence-electron chi connectivity index (χ4n) is 2.52. The zero-order valence-electron chi connectivity index (χ0n) is 10.6. The van der Waals surface area contributed by atoms with Gasteiger partial charge in [-0.2, -0.15) is 0 Å². The van der Waals surface area contributed by atoms with Crippen molar-refractivity contribution in [2.75, 3.05) is 0 Å². The molecule has 0 atom stereocenters. The van der Waals surface area contributed by atoms with Crippen molar-refractivity contribution in [2.45, 2.75) is 0 Å². The Labute approximate surface area is 124 Å². The summed E-state index contributed by atoms with van der Waals surface area (Å²) in [4.78, 5) is 4.75. The van der Waals surface area contributed by atoms with E-state index >= 15 is 0 Å². The van der Waals surface area contributed by atoms with E-state index in [1.807, 2.05) is 24.3 Å². The highest BCUT2D eigenvalue weighted by Gasteiger charge is 2.06. The molecule has 0 saturated carbocycles. The van der Waals surface area contributed by atoms with Crippen LogP contribution in [0.1, 0.15) is 0 Å². The fraction of sp³-hybridized carbons (Fsp3) is 0. The van der Waals surface area contributed by atoms with Gasteiger partial charge in [0.2, 0.25) is 0 Å². The summed E-state index contributed by atoms with van der Waals surface area (Å²) >= 11 is 3.59. The summed E-state index contributed by atoms with van der Waals surface area (Å²) in [5, 5.41) is 2.36. The number of para-hydroxylation sites is 1. The molecule has 2 nitrogen and oxygen atoms in total. The van der Waals surface area contributed by atoms with Gasteiger partial charge in [-0.15, -0.1) is 0 Å². The molecule has 0 unspecified atom stereocenters. The smallest absolute Gasteiger partial charge is 0.137 e. The van der Waals surface area contributed by atoms with Crippen molar-refractivity contribution in [3.63, 3.8) is 0 Å². The Kier molecular flexibility index (Phi) is 2.60. The van der Waals surface area contributed by atoms with E-state index in [-0.39, 0.29) is 0 Å². The number of aromatic nitrogens is 2. The Morgan fingerprint density at radius 1 is 0.850 bits per heavy atom. The molecule has 4 rings (SSSR count). The maximum atomic E-state index is 4.75. The van der Waals surface area contributed by atoms with Gasteiger partial charge in [-0.1, -0.05) is 40.2 Å². The number of rotatable bonds is 1. The van der Waals surface area contributed by atoms with E-state index in [1.165, 1.54) is 5.39 Å². The first-order chi connectivity index (χ1) is 9.83. The van der Waals surface area contributed by atoms with E-state index in [4.69, 9.17) is 4.98 Å². The molecule has 0 aliphatic rings. The van der Waals surface area contributed by atoms with Crippen LogP contribution in [0.3, 0.4) is 0 Å². The molecular formula is C17H11BrN2. The van der Waals surface area contributed by atoms with Gasteiger partial charge < -0.3 is 4.57 Å². The summed E-state index contributed by atoms with van der Waals surface area (Å²) in [6, 6.07) is 20.7. The van der Waals surface area contributed by atoms with Crippen LogP contribution in [0.4, 0.5) is 0 Å². The lowest BCUT2D eigenvalue weighted by Crippen LogP contribution is -1.95. The molecule has 0 saturated heterocycles. The predicted molar refractivity (Wildman–Crippen MR) is 86.3 cm³/mol. The van der Waals surface area contributed by atoms with Gasteiger partial charge in [-0.3, -0.25) is 0 Å². The number of halogens is 1. The average Bonchev–Trinajstić information content (AvgIpc) is 2.92. The Morgan fingerprint density at radius 3 is 2.70 bits per heavy atom. The van der Waals surface area contributed by atoms with E-state index in [9.17, 15) is 0 Å². The summed E-state index contributed by atoms with van der Waals surface area (Å²) in [7, 11) is 0. The van der Waals surface area contributed by atoms with Gasteiger partial charge in [-0.25, -0.2) is 4.98 Å². The zero-order valence-corrected chi connectivity index (χ0v) is 12.2. The molecule has 3 heteroatoms. The number of pyridine rings is 1. The molecule has 0 fully saturated rings. The standard InChI is InChI=1S/C17H11BrN2/c18-14-5-3-7-16-13(14)10-11-20(16)17-9-8-12-4-1-2-6-15(12)19-17/h1-11H. The Bertz CT molecular complexity index is 924. The largest absolute Gasteiger partial charge is 0.301 e. The maximum absolute atomic E-state index is 4.75. The normalized spacial score (nSPS) is 11.2. The lowest BCUT2D eigenvalue weighted by atomic mass is 10.2. The summed E-state index contributed by atoms with van der Waals surface area (Å²) < 4.78 is 3.22. The molecule has 0 spiro atoms. The average molecular weight is 323 g/mol. The fourth-order valence-corrected chi connectivity index (χ4v) is 3.01. The van der Waals surface area contributed by atoms with Crippen LogP contribution >= 0.6 is 15.9 Å². The summed E-state index contributed by atoms with van der Waals surface area (Å²) in [5.74, 6) is 0.941. The van der Waals surface area contributed by atoms with Gasteiger partial charge in [-0.05, 0) is 36.4 Å². The Morgan fingerprint density at radius 2 is 1.75 bits per heavy atom. The van der Waals surface area contributed by atoms with E-state index < -0.39 is 0 Å². The Balaban J connectivity index is 1.99. The van der Waals surface area contributed by atoms with Crippen LogP contribution in [0.15, 0.2) is 71.3 Å². The van der Waals surface area contributed by atoms with Crippen LogP contribution in [0.25, 0.3) is 27.6 Å². The minimum absolute atomic E-state index is 0.941. The summed E-state index contributed by atoms with van der Waals surface area (Å²) in [6.45, 7) is 0. The van der Waals surface area contributed by atoms with E-state index in [2.05, 4.69) is 63.1 Å². The molecule has 0 amide bonds. The number of fused-ring (bicyclic) bond motifs is 2. The molecular weight excluding hydrogens is 312 g/mol. The first kappa shape index (κ1) is 11.7. The predicted octanol–water partition coefficient (Wildman–Crippen LogP) is 4.94. The van der Waals surface area contributed by atoms with Crippen molar-refractivity contribution in [3.8, 4) is 5.82 Å². The van der Waals surface area contributed by atoms with Crippen molar-refractivity contribution >= 4 is 37.7 Å². The lowest BCUT2D eigenvalue weighted by molar-refractivity contribution is 1.06. The van der Waals surface area contributed by atoms with Crippen molar-refractivity contribution in [3.05, 3.63) is 71.3 Å². The minimum atomic E-state index is 0.941. The van der Waals surface area contributed by atoms with Crippen LogP contribution in [-0.4, -0.2) is 9.55 Å². The van der Waals surface area contributed by atoms with E-state index in [1.54, 1.807) is 0 Å². The lowest BCUT2D eigenvalue weighted by Gasteiger charge is -2.06. The van der Waals surface area contributed by atoms with E-state index in [0.717, 1.165) is 26.7 Å². The molecule has 0 bridgehead atoms. The third-order valence-electron chi connectivity index (χ3n) is 3.51. The third-order valence-corrected chi connectivity index (χ3v) is 4.20. The van der Waals surface area contributed by atoms with Gasteiger partial charge in [0.25, 0.3) is 0 Å². The van der Waals surface area contributed by atoms with Gasteiger partial charge >= 0.3 is 0 Å². The van der Waals surface area contributed by atoms with Gasteiger partial charge in [0.05, 0.1) is 11.0 Å². The first-order valence-electron chi connectivity index (χ1n) is 6.45. The monoisotopic (exact) mass is 322 g/mol. The molecule has 0 N–H and O–H groups in total. The molecule has 2 aromatic heterocycles. The number of hydrogen-bond acceptors (Lipinski definition) is 1. The highest BCUT2D eigenvalue weighted by Crippen LogP contribution is 2.27. The molecule has 4 aromatic rings. The van der Waals surface area contributed by atoms with Gasteiger partial charge in [0.15, 0.2) is 0 Å². The van der Waals surface area contributed by atoms with Crippen LogP contribution in [-0.2, 0) is 0 Å². The van der Waals surface area contributed by atoms with Gasteiger partial charge in [0.1, 0.15) is 5.82 Å². The zero-order chi connectivity index (χ0) is 13.5. The van der Waals surface area contributed by atoms with Crippen LogP contribution in [0.5, 0.6) is 0 Å². The quantitative estimate of drug-likeness (QED) is 0.485. The van der Waals surface area contributed by atoms with Crippen molar-refractivity contribution in [2.24, 2.45) is 0 Å². The molecule has 2 aromatic carbocycles. The van der Waals surface area contributed by atoms with Crippen LogP contribution in [0.2, 0.25) is 0 Å². The number of benzene rings is 2. The third kappa shape index (κ3) is 1.74. The maximum Gasteiger partial charge on any atom is 0.137 e. The number of hydrogen-bond donors (Lipinski definition) is 0. The molecule has 96 valence electrons. The van der Waals surface area contributed by atoms with Crippen LogP contribution < -0.4 is 0 Å². The van der Waals surface area contributed by atoms with Crippen molar-refractivity contribution in [1.29, 1.82) is 0 Å². The Hall–Kier alpha value is -2.13. The molecule has 0 radical (unpaired) electrons. The molecule has 0 aliphatic heterocycles. The highest BCUT2D eigenvalue weighted by molar-refractivity contribution is 9.10.